The largest absolute Gasteiger partial charge is 0.451 e. The van der Waals surface area contributed by atoms with E-state index in [0.29, 0.717) is 17.5 Å². The molecule has 0 saturated carbocycles. The average Bonchev–Trinajstić information content (AvgIpc) is 3.19. The highest BCUT2D eigenvalue weighted by Crippen LogP contribution is 2.31. The minimum atomic E-state index is 0.397. The maximum atomic E-state index is 5.92. The second-order valence-electron chi connectivity index (χ2n) is 5.34. The number of benzene rings is 2. The lowest BCUT2D eigenvalue weighted by atomic mass is 10.1. The Bertz CT molecular complexity index is 913. The number of aromatic nitrogens is 2. The van der Waals surface area contributed by atoms with Crippen molar-refractivity contribution in [1.82, 2.24) is 10.1 Å². The van der Waals surface area contributed by atoms with Gasteiger partial charge in [0.1, 0.15) is 5.58 Å². The molecule has 0 radical (unpaired) electrons. The van der Waals surface area contributed by atoms with Crippen LogP contribution in [0.3, 0.4) is 0 Å². The highest BCUT2D eigenvalue weighted by molar-refractivity contribution is 5.87. The summed E-state index contributed by atoms with van der Waals surface area (Å²) in [5.74, 6) is 1.56. The molecule has 4 rings (SSSR count). The monoisotopic (exact) mass is 290 g/mol. The molecule has 4 heteroatoms. The van der Waals surface area contributed by atoms with E-state index in [2.05, 4.69) is 23.1 Å². The lowest BCUT2D eigenvalue weighted by Crippen LogP contribution is -1.79. The van der Waals surface area contributed by atoms with Gasteiger partial charge in [-0.05, 0) is 31.0 Å². The van der Waals surface area contributed by atoms with Gasteiger partial charge in [0.2, 0.25) is 5.82 Å². The summed E-state index contributed by atoms with van der Waals surface area (Å²) in [4.78, 5) is 4.43. The number of furan rings is 1. The number of fused-ring (bicyclic) bond motifs is 1. The van der Waals surface area contributed by atoms with E-state index in [-0.39, 0.29) is 0 Å². The summed E-state index contributed by atoms with van der Waals surface area (Å²) < 4.78 is 11.3. The number of nitrogens with zero attached hydrogens (tertiary/aromatic N) is 2. The van der Waals surface area contributed by atoms with E-state index in [1.165, 1.54) is 5.56 Å². The number of aryl methyl sites for hydroxylation is 2. The van der Waals surface area contributed by atoms with Gasteiger partial charge in [0.15, 0.2) is 5.76 Å². The SMILES string of the molecule is Cc1ccc(C)c2oc(-c3nc(-c4ccccc4)no3)cc12. The smallest absolute Gasteiger partial charge is 0.293 e. The molecule has 0 bridgehead atoms. The van der Waals surface area contributed by atoms with Gasteiger partial charge in [0, 0.05) is 10.9 Å². The summed E-state index contributed by atoms with van der Waals surface area (Å²) in [6.07, 6.45) is 0. The van der Waals surface area contributed by atoms with E-state index in [0.717, 1.165) is 22.1 Å². The van der Waals surface area contributed by atoms with Gasteiger partial charge in [-0.3, -0.25) is 0 Å². The standard InChI is InChI=1S/C18H14N2O2/c1-11-8-9-12(2)16-14(11)10-15(21-16)18-19-17(20-22-18)13-6-4-3-5-7-13/h3-10H,1-2H3. The molecule has 108 valence electrons. The molecular weight excluding hydrogens is 276 g/mol. The second kappa shape index (κ2) is 4.84. The maximum Gasteiger partial charge on any atom is 0.293 e. The normalized spacial score (nSPS) is 11.2. The lowest BCUT2D eigenvalue weighted by molar-refractivity contribution is 0.420. The van der Waals surface area contributed by atoms with Crippen LogP contribution in [-0.2, 0) is 0 Å². The van der Waals surface area contributed by atoms with Crippen molar-refractivity contribution in [3.8, 4) is 23.0 Å². The van der Waals surface area contributed by atoms with Crippen molar-refractivity contribution < 1.29 is 8.94 Å². The van der Waals surface area contributed by atoms with Gasteiger partial charge >= 0.3 is 0 Å². The Labute approximate surface area is 127 Å². The van der Waals surface area contributed by atoms with Crippen LogP contribution in [0.15, 0.2) is 57.5 Å². The average molecular weight is 290 g/mol. The molecule has 2 aromatic heterocycles. The lowest BCUT2D eigenvalue weighted by Gasteiger charge is -1.96. The number of rotatable bonds is 2. The quantitative estimate of drug-likeness (QED) is 0.533. The third-order valence-corrected chi connectivity index (χ3v) is 3.77. The molecule has 0 fully saturated rings. The molecule has 0 aliphatic rings. The first-order chi connectivity index (χ1) is 10.7. The van der Waals surface area contributed by atoms with E-state index < -0.39 is 0 Å². The summed E-state index contributed by atoms with van der Waals surface area (Å²) in [5.41, 5.74) is 4.04. The van der Waals surface area contributed by atoms with Gasteiger partial charge in [-0.25, -0.2) is 0 Å². The van der Waals surface area contributed by atoms with Crippen molar-refractivity contribution in [1.29, 1.82) is 0 Å². The zero-order chi connectivity index (χ0) is 15.1. The molecule has 4 aromatic rings. The first-order valence-corrected chi connectivity index (χ1v) is 7.11. The summed E-state index contributed by atoms with van der Waals surface area (Å²) in [7, 11) is 0. The summed E-state index contributed by atoms with van der Waals surface area (Å²) in [5, 5.41) is 5.11. The Morgan fingerprint density at radius 1 is 0.909 bits per heavy atom. The van der Waals surface area contributed by atoms with Crippen LogP contribution in [0.1, 0.15) is 11.1 Å². The van der Waals surface area contributed by atoms with Crippen LogP contribution in [0.2, 0.25) is 0 Å². The topological polar surface area (TPSA) is 52.1 Å². The molecule has 0 N–H and O–H groups in total. The van der Waals surface area contributed by atoms with Gasteiger partial charge in [0.05, 0.1) is 0 Å². The molecule has 0 spiro atoms. The van der Waals surface area contributed by atoms with Crippen LogP contribution in [-0.4, -0.2) is 10.1 Å². The summed E-state index contributed by atoms with van der Waals surface area (Å²) >= 11 is 0. The third kappa shape index (κ3) is 2.00. The van der Waals surface area contributed by atoms with Gasteiger partial charge in [-0.15, -0.1) is 0 Å². The number of hydrogen-bond donors (Lipinski definition) is 0. The van der Waals surface area contributed by atoms with Crippen LogP contribution < -0.4 is 0 Å². The van der Waals surface area contributed by atoms with Crippen LogP contribution in [0.25, 0.3) is 34.0 Å². The van der Waals surface area contributed by atoms with Crippen molar-refractivity contribution in [2.75, 3.05) is 0 Å². The van der Waals surface area contributed by atoms with Gasteiger partial charge in [-0.1, -0.05) is 47.6 Å². The van der Waals surface area contributed by atoms with Crippen molar-refractivity contribution in [3.05, 3.63) is 59.7 Å². The molecule has 22 heavy (non-hydrogen) atoms. The zero-order valence-electron chi connectivity index (χ0n) is 12.3. The fourth-order valence-electron chi connectivity index (χ4n) is 2.53. The molecule has 2 aromatic carbocycles. The Balaban J connectivity index is 1.82. The third-order valence-electron chi connectivity index (χ3n) is 3.77. The molecule has 0 atom stereocenters. The highest BCUT2D eigenvalue weighted by Gasteiger charge is 2.16. The van der Waals surface area contributed by atoms with Crippen LogP contribution in [0.4, 0.5) is 0 Å². The van der Waals surface area contributed by atoms with Crippen LogP contribution in [0.5, 0.6) is 0 Å². The van der Waals surface area contributed by atoms with E-state index >= 15 is 0 Å². The van der Waals surface area contributed by atoms with Gasteiger partial charge in [-0.2, -0.15) is 4.98 Å². The predicted octanol–water partition coefficient (Wildman–Crippen LogP) is 4.77. The molecule has 0 saturated heterocycles. The van der Waals surface area contributed by atoms with Crippen molar-refractivity contribution in [2.45, 2.75) is 13.8 Å². The Morgan fingerprint density at radius 3 is 2.45 bits per heavy atom. The Hall–Kier alpha value is -2.88. The van der Waals surface area contributed by atoms with Gasteiger partial charge in [0.25, 0.3) is 5.89 Å². The minimum Gasteiger partial charge on any atom is -0.451 e. The van der Waals surface area contributed by atoms with E-state index in [9.17, 15) is 0 Å². The molecular formula is C18H14N2O2. The van der Waals surface area contributed by atoms with E-state index in [4.69, 9.17) is 8.94 Å². The number of hydrogen-bond acceptors (Lipinski definition) is 4. The first kappa shape index (κ1) is 12.8. The highest BCUT2D eigenvalue weighted by atomic mass is 16.5. The molecule has 0 unspecified atom stereocenters. The van der Waals surface area contributed by atoms with Crippen molar-refractivity contribution >= 4 is 11.0 Å². The Morgan fingerprint density at radius 2 is 1.68 bits per heavy atom. The van der Waals surface area contributed by atoms with Crippen molar-refractivity contribution in [3.63, 3.8) is 0 Å². The predicted molar refractivity (Wildman–Crippen MR) is 84.4 cm³/mol. The molecule has 2 heterocycles. The molecule has 0 aliphatic carbocycles. The molecule has 0 amide bonds. The van der Waals surface area contributed by atoms with Crippen LogP contribution >= 0.6 is 0 Å². The summed E-state index contributed by atoms with van der Waals surface area (Å²) in [6, 6.07) is 15.8. The summed E-state index contributed by atoms with van der Waals surface area (Å²) in [6.45, 7) is 4.09. The van der Waals surface area contributed by atoms with Gasteiger partial charge < -0.3 is 8.94 Å². The van der Waals surface area contributed by atoms with E-state index in [1.54, 1.807) is 0 Å². The molecule has 4 nitrogen and oxygen atoms in total. The zero-order valence-corrected chi connectivity index (χ0v) is 12.3. The second-order valence-corrected chi connectivity index (χ2v) is 5.34. The minimum absolute atomic E-state index is 0.397. The fourth-order valence-corrected chi connectivity index (χ4v) is 2.53. The molecule has 0 aliphatic heterocycles. The van der Waals surface area contributed by atoms with Crippen LogP contribution in [0, 0.1) is 13.8 Å². The van der Waals surface area contributed by atoms with E-state index in [1.807, 2.05) is 49.4 Å². The van der Waals surface area contributed by atoms with Crippen molar-refractivity contribution in [2.24, 2.45) is 0 Å². The fraction of sp³-hybridized carbons (Fsp3) is 0.111. The first-order valence-electron chi connectivity index (χ1n) is 7.11. The Kier molecular flexibility index (Phi) is 2.82. The maximum absolute atomic E-state index is 5.92.